The van der Waals surface area contributed by atoms with Gasteiger partial charge in [0.2, 0.25) is 5.91 Å². The highest BCUT2D eigenvalue weighted by atomic mass is 16.3. The lowest BCUT2D eigenvalue weighted by Gasteiger charge is -2.34. The van der Waals surface area contributed by atoms with Crippen molar-refractivity contribution >= 4 is 35.0 Å². The Morgan fingerprint density at radius 1 is 0.964 bits per heavy atom. The zero-order chi connectivity index (χ0) is 20.3. The minimum absolute atomic E-state index is 0.185. The second-order valence-electron chi connectivity index (χ2n) is 6.31. The van der Waals surface area contributed by atoms with Gasteiger partial charge in [0.05, 0.1) is 12.0 Å². The van der Waals surface area contributed by atoms with Gasteiger partial charge in [0.15, 0.2) is 5.76 Å². The van der Waals surface area contributed by atoms with Crippen molar-refractivity contribution in [2.75, 3.05) is 36.8 Å². The van der Waals surface area contributed by atoms with Crippen LogP contribution in [0.15, 0.2) is 47.1 Å². The Morgan fingerprint density at radius 3 is 2.11 bits per heavy atom. The molecule has 2 aromatic rings. The minimum atomic E-state index is -0.942. The van der Waals surface area contributed by atoms with Gasteiger partial charge in [0.25, 0.3) is 5.91 Å². The monoisotopic (exact) mass is 384 g/mol. The van der Waals surface area contributed by atoms with Crippen LogP contribution in [0.2, 0.25) is 0 Å². The first-order chi connectivity index (χ1) is 13.4. The molecule has 1 aliphatic heterocycles. The number of amides is 4. The molecular weight excluding hydrogens is 364 g/mol. The van der Waals surface area contributed by atoms with Crippen molar-refractivity contribution in [1.29, 1.82) is 0 Å². The molecule has 0 unspecified atom stereocenters. The van der Waals surface area contributed by atoms with Crippen molar-refractivity contribution < 1.29 is 23.6 Å². The molecule has 2 heterocycles. The molecule has 0 saturated carbocycles. The SMILES string of the molecule is CC(=O)N(C(=O)C(=O)N1CCN(C(=O)c2ccco2)CC1)c1ccc(N)cc1. The number of nitrogens with two attached hydrogens (primary N) is 1. The predicted molar refractivity (Wildman–Crippen MR) is 100 cm³/mol. The van der Waals surface area contributed by atoms with E-state index in [1.807, 2.05) is 0 Å². The molecule has 1 aliphatic rings. The maximum Gasteiger partial charge on any atom is 0.323 e. The number of anilines is 2. The van der Waals surface area contributed by atoms with Gasteiger partial charge in [-0.2, -0.15) is 0 Å². The normalized spacial score (nSPS) is 13.9. The summed E-state index contributed by atoms with van der Waals surface area (Å²) in [7, 11) is 0. The number of benzene rings is 1. The number of hydrogen-bond donors (Lipinski definition) is 1. The van der Waals surface area contributed by atoms with Crippen molar-refractivity contribution in [1.82, 2.24) is 9.80 Å². The van der Waals surface area contributed by atoms with E-state index in [0.717, 1.165) is 4.90 Å². The summed E-state index contributed by atoms with van der Waals surface area (Å²) in [5, 5.41) is 0. The third-order valence-electron chi connectivity index (χ3n) is 4.44. The lowest BCUT2D eigenvalue weighted by molar-refractivity contribution is -0.146. The number of carbonyl (C=O) groups excluding carboxylic acids is 4. The molecule has 0 spiro atoms. The first-order valence-electron chi connectivity index (χ1n) is 8.70. The topological polar surface area (TPSA) is 117 Å². The average molecular weight is 384 g/mol. The molecule has 1 saturated heterocycles. The van der Waals surface area contributed by atoms with E-state index in [-0.39, 0.29) is 43.5 Å². The molecule has 146 valence electrons. The van der Waals surface area contributed by atoms with Crippen LogP contribution in [0, 0.1) is 0 Å². The molecule has 1 aromatic carbocycles. The van der Waals surface area contributed by atoms with Crippen LogP contribution in [0.25, 0.3) is 0 Å². The van der Waals surface area contributed by atoms with Gasteiger partial charge in [0, 0.05) is 38.8 Å². The molecular formula is C19H20N4O5. The molecule has 0 atom stereocenters. The van der Waals surface area contributed by atoms with E-state index in [9.17, 15) is 19.2 Å². The van der Waals surface area contributed by atoms with E-state index in [1.165, 1.54) is 30.2 Å². The van der Waals surface area contributed by atoms with Crippen LogP contribution >= 0.6 is 0 Å². The van der Waals surface area contributed by atoms with Crippen molar-refractivity contribution in [2.24, 2.45) is 0 Å². The number of nitrogen functional groups attached to an aromatic ring is 1. The number of rotatable bonds is 2. The molecule has 3 rings (SSSR count). The summed E-state index contributed by atoms with van der Waals surface area (Å²) in [4.78, 5) is 53.2. The molecule has 0 bridgehead atoms. The van der Waals surface area contributed by atoms with Gasteiger partial charge in [-0.15, -0.1) is 0 Å². The Morgan fingerprint density at radius 2 is 1.57 bits per heavy atom. The zero-order valence-electron chi connectivity index (χ0n) is 15.3. The van der Waals surface area contributed by atoms with Crippen LogP contribution in [0.4, 0.5) is 11.4 Å². The fourth-order valence-corrected chi connectivity index (χ4v) is 2.97. The third-order valence-corrected chi connectivity index (χ3v) is 4.44. The molecule has 4 amide bonds. The van der Waals surface area contributed by atoms with E-state index >= 15 is 0 Å². The number of imide groups is 1. The maximum atomic E-state index is 12.7. The lowest BCUT2D eigenvalue weighted by Crippen LogP contribution is -2.55. The number of hydrogen-bond acceptors (Lipinski definition) is 6. The fourth-order valence-electron chi connectivity index (χ4n) is 2.97. The van der Waals surface area contributed by atoms with Crippen LogP contribution in [0.5, 0.6) is 0 Å². The first kappa shape index (κ1) is 19.2. The number of piperazine rings is 1. The summed E-state index contributed by atoms with van der Waals surface area (Å²) >= 11 is 0. The van der Waals surface area contributed by atoms with Crippen LogP contribution in [0.3, 0.4) is 0 Å². The van der Waals surface area contributed by atoms with Crippen LogP contribution < -0.4 is 10.6 Å². The number of carbonyl (C=O) groups is 4. The summed E-state index contributed by atoms with van der Waals surface area (Å²) in [6.45, 7) is 2.11. The maximum absolute atomic E-state index is 12.7. The summed E-state index contributed by atoms with van der Waals surface area (Å²) in [6.07, 6.45) is 1.42. The number of nitrogens with zero attached hydrogens (tertiary/aromatic N) is 3. The van der Waals surface area contributed by atoms with Crippen molar-refractivity contribution in [3.8, 4) is 0 Å². The van der Waals surface area contributed by atoms with Gasteiger partial charge in [-0.3, -0.25) is 19.2 Å². The lowest BCUT2D eigenvalue weighted by atomic mass is 10.2. The van der Waals surface area contributed by atoms with Crippen molar-refractivity contribution in [2.45, 2.75) is 6.92 Å². The van der Waals surface area contributed by atoms with Gasteiger partial charge in [0.1, 0.15) is 0 Å². The van der Waals surface area contributed by atoms with Crippen molar-refractivity contribution in [3.63, 3.8) is 0 Å². The Bertz CT molecular complexity index is 884. The molecule has 0 radical (unpaired) electrons. The Kier molecular flexibility index (Phi) is 5.44. The molecule has 1 fully saturated rings. The minimum Gasteiger partial charge on any atom is -0.459 e. The largest absolute Gasteiger partial charge is 0.459 e. The zero-order valence-corrected chi connectivity index (χ0v) is 15.3. The van der Waals surface area contributed by atoms with Gasteiger partial charge in [-0.1, -0.05) is 0 Å². The van der Waals surface area contributed by atoms with E-state index in [1.54, 1.807) is 29.2 Å². The average Bonchev–Trinajstić information content (AvgIpc) is 3.23. The first-order valence-corrected chi connectivity index (χ1v) is 8.70. The smallest absolute Gasteiger partial charge is 0.323 e. The molecule has 28 heavy (non-hydrogen) atoms. The Labute approximate surface area is 161 Å². The Balaban J connectivity index is 1.66. The number of furan rings is 1. The second kappa shape index (κ2) is 7.95. The summed E-state index contributed by atoms with van der Waals surface area (Å²) < 4.78 is 5.10. The standard InChI is InChI=1S/C19H20N4O5/c1-13(24)23(15-6-4-14(20)5-7-15)19(27)18(26)22-10-8-21(9-11-22)17(25)16-3-2-12-28-16/h2-7,12H,8-11,20H2,1H3. The summed E-state index contributed by atoms with van der Waals surface area (Å²) in [5.41, 5.74) is 6.37. The van der Waals surface area contributed by atoms with Gasteiger partial charge in [-0.05, 0) is 36.4 Å². The van der Waals surface area contributed by atoms with Crippen molar-refractivity contribution in [3.05, 3.63) is 48.4 Å². The van der Waals surface area contributed by atoms with E-state index in [2.05, 4.69) is 0 Å². The third kappa shape index (κ3) is 3.88. The molecule has 9 heteroatoms. The molecule has 1 aromatic heterocycles. The van der Waals surface area contributed by atoms with Gasteiger partial charge in [-0.25, -0.2) is 4.90 Å². The fraction of sp³-hybridized carbons (Fsp3) is 0.263. The van der Waals surface area contributed by atoms with Gasteiger partial charge < -0.3 is 20.0 Å². The van der Waals surface area contributed by atoms with E-state index in [0.29, 0.717) is 5.69 Å². The van der Waals surface area contributed by atoms with Crippen LogP contribution in [0.1, 0.15) is 17.5 Å². The molecule has 9 nitrogen and oxygen atoms in total. The van der Waals surface area contributed by atoms with Crippen LogP contribution in [-0.2, 0) is 14.4 Å². The van der Waals surface area contributed by atoms with Crippen LogP contribution in [-0.4, -0.2) is 59.6 Å². The highest BCUT2D eigenvalue weighted by Gasteiger charge is 2.33. The van der Waals surface area contributed by atoms with E-state index < -0.39 is 17.7 Å². The summed E-state index contributed by atoms with van der Waals surface area (Å²) in [5.74, 6) is -2.35. The predicted octanol–water partition coefficient (Wildman–Crippen LogP) is 0.726. The molecule has 0 aliphatic carbocycles. The highest BCUT2D eigenvalue weighted by molar-refractivity contribution is 6.45. The quantitative estimate of drug-likeness (QED) is 0.602. The highest BCUT2D eigenvalue weighted by Crippen LogP contribution is 2.18. The summed E-state index contributed by atoms with van der Waals surface area (Å²) in [6, 6.07) is 9.29. The van der Waals surface area contributed by atoms with Gasteiger partial charge >= 0.3 is 11.8 Å². The molecule has 2 N–H and O–H groups in total. The Hall–Kier alpha value is -3.62. The van der Waals surface area contributed by atoms with E-state index in [4.69, 9.17) is 10.2 Å². The second-order valence-corrected chi connectivity index (χ2v) is 6.31.